The molecule has 0 bridgehead atoms. The lowest BCUT2D eigenvalue weighted by atomic mass is 10.1. The molecule has 0 heterocycles. The van der Waals surface area contributed by atoms with Crippen LogP contribution in [0.25, 0.3) is 0 Å². The molecule has 0 saturated heterocycles. The first-order valence-corrected chi connectivity index (χ1v) is 8.64. The van der Waals surface area contributed by atoms with Crippen molar-refractivity contribution in [3.63, 3.8) is 0 Å². The Labute approximate surface area is 134 Å². The molecule has 22 heavy (non-hydrogen) atoms. The van der Waals surface area contributed by atoms with Gasteiger partial charge >= 0.3 is 5.97 Å². The van der Waals surface area contributed by atoms with Gasteiger partial charge in [0.1, 0.15) is 0 Å². The SMILES string of the molecule is CCCCCCCCC#CCCCCCCC(O)(O)C(=O)O. The highest BCUT2D eigenvalue weighted by molar-refractivity contribution is 5.74. The standard InChI is InChI=1S/C18H32O4/c1-2-3-4-5-6-7-8-9-10-11-12-13-14-15-16-18(21,22)17(19)20/h21-22H,2-8,11-16H2,1H3,(H,19,20). The molecule has 4 heteroatoms. The maximum Gasteiger partial charge on any atom is 0.364 e. The van der Waals surface area contributed by atoms with E-state index >= 15 is 0 Å². The number of aliphatic hydroxyl groups is 2. The van der Waals surface area contributed by atoms with Crippen molar-refractivity contribution in [3.8, 4) is 11.8 Å². The molecule has 0 unspecified atom stereocenters. The average Bonchev–Trinajstić information content (AvgIpc) is 2.47. The minimum absolute atomic E-state index is 0.119. The highest BCUT2D eigenvalue weighted by Crippen LogP contribution is 2.13. The summed E-state index contributed by atoms with van der Waals surface area (Å²) >= 11 is 0. The minimum Gasteiger partial charge on any atom is -0.477 e. The zero-order valence-electron chi connectivity index (χ0n) is 13.9. The second-order valence-corrected chi connectivity index (χ2v) is 5.91. The first-order chi connectivity index (χ1) is 10.5. The molecule has 3 N–H and O–H groups in total. The van der Waals surface area contributed by atoms with Crippen LogP contribution in [0.2, 0.25) is 0 Å². The highest BCUT2D eigenvalue weighted by atomic mass is 16.5. The molecule has 0 aromatic rings. The zero-order chi connectivity index (χ0) is 16.7. The predicted molar refractivity (Wildman–Crippen MR) is 88.3 cm³/mol. The Hall–Kier alpha value is -1.05. The lowest BCUT2D eigenvalue weighted by molar-refractivity contribution is -0.205. The van der Waals surface area contributed by atoms with Crippen molar-refractivity contribution in [3.05, 3.63) is 0 Å². The van der Waals surface area contributed by atoms with Crippen LogP contribution >= 0.6 is 0 Å². The van der Waals surface area contributed by atoms with Crippen LogP contribution < -0.4 is 0 Å². The van der Waals surface area contributed by atoms with E-state index in [1.165, 1.54) is 38.5 Å². The fourth-order valence-corrected chi connectivity index (χ4v) is 2.22. The smallest absolute Gasteiger partial charge is 0.364 e. The minimum atomic E-state index is -2.57. The summed E-state index contributed by atoms with van der Waals surface area (Å²) in [6, 6.07) is 0. The van der Waals surface area contributed by atoms with Gasteiger partial charge in [0.25, 0.3) is 5.79 Å². The topological polar surface area (TPSA) is 77.8 Å². The van der Waals surface area contributed by atoms with E-state index in [1.54, 1.807) is 0 Å². The Balaban J connectivity index is 3.33. The van der Waals surface area contributed by atoms with E-state index in [2.05, 4.69) is 18.8 Å². The summed E-state index contributed by atoms with van der Waals surface area (Å²) in [5.74, 6) is 2.22. The lowest BCUT2D eigenvalue weighted by Gasteiger charge is -2.15. The number of aliphatic carboxylic acids is 1. The number of hydrogen-bond acceptors (Lipinski definition) is 3. The molecule has 0 amide bonds. The molecular weight excluding hydrogens is 280 g/mol. The van der Waals surface area contributed by atoms with Crippen LogP contribution in [0.5, 0.6) is 0 Å². The van der Waals surface area contributed by atoms with Crippen LogP contribution in [0.3, 0.4) is 0 Å². The van der Waals surface area contributed by atoms with Crippen molar-refractivity contribution in [2.75, 3.05) is 0 Å². The van der Waals surface area contributed by atoms with Gasteiger partial charge in [-0.2, -0.15) is 0 Å². The van der Waals surface area contributed by atoms with Crippen molar-refractivity contribution in [1.29, 1.82) is 0 Å². The third-order valence-electron chi connectivity index (χ3n) is 3.70. The van der Waals surface area contributed by atoms with Crippen molar-refractivity contribution in [2.24, 2.45) is 0 Å². The summed E-state index contributed by atoms with van der Waals surface area (Å²) in [5, 5.41) is 26.8. The Morgan fingerprint density at radius 2 is 1.27 bits per heavy atom. The van der Waals surface area contributed by atoms with E-state index in [9.17, 15) is 4.79 Å². The second kappa shape index (κ2) is 13.6. The molecule has 0 spiro atoms. The summed E-state index contributed by atoms with van der Waals surface area (Å²) in [6.45, 7) is 2.22. The van der Waals surface area contributed by atoms with E-state index in [1.807, 2.05) is 0 Å². The van der Waals surface area contributed by atoms with E-state index in [0.717, 1.165) is 32.1 Å². The fourth-order valence-electron chi connectivity index (χ4n) is 2.22. The van der Waals surface area contributed by atoms with Crippen LogP contribution in [0.4, 0.5) is 0 Å². The van der Waals surface area contributed by atoms with Gasteiger partial charge in [0.05, 0.1) is 0 Å². The van der Waals surface area contributed by atoms with Crippen molar-refractivity contribution >= 4 is 5.97 Å². The highest BCUT2D eigenvalue weighted by Gasteiger charge is 2.31. The summed E-state index contributed by atoms with van der Waals surface area (Å²) < 4.78 is 0. The van der Waals surface area contributed by atoms with E-state index < -0.39 is 11.8 Å². The molecular formula is C18H32O4. The van der Waals surface area contributed by atoms with E-state index in [4.69, 9.17) is 15.3 Å². The normalized spacial score (nSPS) is 11.0. The van der Waals surface area contributed by atoms with Crippen LogP contribution in [-0.4, -0.2) is 27.1 Å². The zero-order valence-corrected chi connectivity index (χ0v) is 13.9. The first kappa shape index (κ1) is 20.9. The third-order valence-corrected chi connectivity index (χ3v) is 3.70. The van der Waals surface area contributed by atoms with Crippen LogP contribution in [0, 0.1) is 11.8 Å². The average molecular weight is 312 g/mol. The summed E-state index contributed by atoms with van der Waals surface area (Å²) in [7, 11) is 0. The van der Waals surface area contributed by atoms with Gasteiger partial charge in [0, 0.05) is 19.3 Å². The fraction of sp³-hybridized carbons (Fsp3) is 0.833. The van der Waals surface area contributed by atoms with Crippen LogP contribution in [0.1, 0.15) is 90.4 Å². The third kappa shape index (κ3) is 12.7. The van der Waals surface area contributed by atoms with Gasteiger partial charge in [-0.15, -0.1) is 11.8 Å². The molecule has 0 rings (SSSR count). The van der Waals surface area contributed by atoms with Gasteiger partial charge in [-0.1, -0.05) is 51.9 Å². The number of carboxylic acid groups (broad SMARTS) is 1. The van der Waals surface area contributed by atoms with Crippen molar-refractivity contribution < 1.29 is 20.1 Å². The second-order valence-electron chi connectivity index (χ2n) is 5.91. The Bertz CT molecular complexity index is 339. The van der Waals surface area contributed by atoms with Crippen LogP contribution in [0.15, 0.2) is 0 Å². The van der Waals surface area contributed by atoms with Crippen molar-refractivity contribution in [2.45, 2.75) is 96.2 Å². The largest absolute Gasteiger partial charge is 0.477 e. The molecule has 0 atom stereocenters. The van der Waals surface area contributed by atoms with Gasteiger partial charge in [-0.05, 0) is 19.3 Å². The molecule has 0 fully saturated rings. The Kier molecular flexibility index (Phi) is 13.0. The summed E-state index contributed by atoms with van der Waals surface area (Å²) in [4.78, 5) is 10.5. The monoisotopic (exact) mass is 312 g/mol. The maximum absolute atomic E-state index is 10.5. The molecule has 0 aliphatic carbocycles. The number of carboxylic acids is 1. The molecule has 128 valence electrons. The summed E-state index contributed by atoms with van der Waals surface area (Å²) in [6.07, 6.45) is 12.7. The molecule has 0 aliphatic rings. The number of hydrogen-bond donors (Lipinski definition) is 3. The van der Waals surface area contributed by atoms with Gasteiger partial charge < -0.3 is 15.3 Å². The van der Waals surface area contributed by atoms with Gasteiger partial charge in [-0.3, -0.25) is 0 Å². The molecule has 4 nitrogen and oxygen atoms in total. The molecule has 0 aromatic carbocycles. The van der Waals surface area contributed by atoms with Crippen LogP contribution in [-0.2, 0) is 4.79 Å². The number of carbonyl (C=O) groups is 1. The molecule has 0 radical (unpaired) electrons. The molecule has 0 saturated carbocycles. The summed E-state index contributed by atoms with van der Waals surface area (Å²) in [5.41, 5.74) is 0. The molecule has 0 aliphatic heterocycles. The maximum atomic E-state index is 10.5. The number of rotatable bonds is 13. The Morgan fingerprint density at radius 3 is 1.77 bits per heavy atom. The number of unbranched alkanes of at least 4 members (excludes halogenated alkanes) is 10. The quantitative estimate of drug-likeness (QED) is 0.274. The van der Waals surface area contributed by atoms with Gasteiger partial charge in [-0.25, -0.2) is 4.79 Å². The first-order valence-electron chi connectivity index (χ1n) is 8.64. The lowest BCUT2D eigenvalue weighted by Crippen LogP contribution is -2.37. The predicted octanol–water partition coefficient (Wildman–Crippen LogP) is 3.85. The van der Waals surface area contributed by atoms with Gasteiger partial charge in [0.15, 0.2) is 0 Å². The van der Waals surface area contributed by atoms with E-state index in [-0.39, 0.29) is 6.42 Å². The van der Waals surface area contributed by atoms with E-state index in [0.29, 0.717) is 6.42 Å². The molecule has 0 aromatic heterocycles. The Morgan fingerprint density at radius 1 is 0.818 bits per heavy atom. The van der Waals surface area contributed by atoms with Gasteiger partial charge in [0.2, 0.25) is 0 Å². The van der Waals surface area contributed by atoms with Crippen molar-refractivity contribution in [1.82, 2.24) is 0 Å².